The lowest BCUT2D eigenvalue weighted by Gasteiger charge is -2.23. The summed E-state index contributed by atoms with van der Waals surface area (Å²) in [5.74, 6) is -0.0368. The van der Waals surface area contributed by atoms with Crippen molar-refractivity contribution in [2.45, 2.75) is 45.3 Å². The molecule has 0 spiro atoms. The first-order valence-electron chi connectivity index (χ1n) is 11.7. The first-order valence-corrected chi connectivity index (χ1v) is 11.7. The second-order valence-corrected chi connectivity index (χ2v) is 9.30. The minimum atomic E-state index is -0.557. The Hall–Kier alpha value is -3.25. The zero-order chi connectivity index (χ0) is 23.2. The van der Waals surface area contributed by atoms with Crippen molar-refractivity contribution in [3.63, 3.8) is 0 Å². The molecule has 2 amide bonds. The van der Waals surface area contributed by atoms with Crippen molar-refractivity contribution in [3.8, 4) is 0 Å². The molecule has 2 N–H and O–H groups in total. The fourth-order valence-corrected chi connectivity index (χ4v) is 4.42. The number of rotatable bonds is 8. The van der Waals surface area contributed by atoms with Gasteiger partial charge in [-0.1, -0.05) is 44.2 Å². The van der Waals surface area contributed by atoms with Crippen molar-refractivity contribution in [1.82, 2.24) is 20.5 Å². The predicted molar refractivity (Wildman–Crippen MR) is 131 cm³/mol. The van der Waals surface area contributed by atoms with E-state index in [1.807, 2.05) is 54.6 Å². The molecule has 33 heavy (non-hydrogen) atoms. The SMILES string of the molecule is CC(C)C[C@H](NC(=O)c1ccc2ccccc2c1)C(=O)N[C@H]1CCN(Cc2ccncc2)C1. The smallest absolute Gasteiger partial charge is 0.251 e. The van der Waals surface area contributed by atoms with Crippen molar-refractivity contribution in [3.05, 3.63) is 78.1 Å². The van der Waals surface area contributed by atoms with Crippen LogP contribution in [0.4, 0.5) is 0 Å². The van der Waals surface area contributed by atoms with Crippen LogP contribution < -0.4 is 10.6 Å². The zero-order valence-electron chi connectivity index (χ0n) is 19.3. The second-order valence-electron chi connectivity index (χ2n) is 9.30. The van der Waals surface area contributed by atoms with Gasteiger partial charge in [0, 0.05) is 43.6 Å². The van der Waals surface area contributed by atoms with Gasteiger partial charge in [-0.3, -0.25) is 19.5 Å². The summed E-state index contributed by atoms with van der Waals surface area (Å²) in [6, 6.07) is 17.2. The molecule has 2 heterocycles. The number of likely N-dealkylation sites (tertiary alicyclic amines) is 1. The number of nitrogens with zero attached hydrogens (tertiary/aromatic N) is 2. The van der Waals surface area contributed by atoms with E-state index < -0.39 is 6.04 Å². The van der Waals surface area contributed by atoms with E-state index in [-0.39, 0.29) is 23.8 Å². The molecule has 1 fully saturated rings. The Bertz CT molecular complexity index is 1100. The number of pyridine rings is 1. The Labute approximate surface area is 195 Å². The molecule has 2 atom stereocenters. The maximum atomic E-state index is 13.1. The van der Waals surface area contributed by atoms with Crippen LogP contribution in [0.25, 0.3) is 10.8 Å². The molecule has 4 rings (SSSR count). The molecule has 3 aromatic rings. The van der Waals surface area contributed by atoms with E-state index in [4.69, 9.17) is 0 Å². The van der Waals surface area contributed by atoms with E-state index in [2.05, 4.69) is 34.4 Å². The van der Waals surface area contributed by atoms with Gasteiger partial charge < -0.3 is 10.6 Å². The van der Waals surface area contributed by atoms with Gasteiger partial charge in [0.15, 0.2) is 0 Å². The van der Waals surface area contributed by atoms with Crippen LogP contribution in [-0.2, 0) is 11.3 Å². The summed E-state index contributed by atoms with van der Waals surface area (Å²) in [6.45, 7) is 6.72. The number of hydrogen-bond acceptors (Lipinski definition) is 4. The van der Waals surface area contributed by atoms with Gasteiger partial charge in [-0.15, -0.1) is 0 Å². The fourth-order valence-electron chi connectivity index (χ4n) is 4.42. The molecule has 0 unspecified atom stereocenters. The molecule has 1 aromatic heterocycles. The van der Waals surface area contributed by atoms with Crippen LogP contribution in [0, 0.1) is 5.92 Å². The summed E-state index contributed by atoms with van der Waals surface area (Å²) >= 11 is 0. The van der Waals surface area contributed by atoms with Crippen LogP contribution in [0.3, 0.4) is 0 Å². The van der Waals surface area contributed by atoms with Gasteiger partial charge in [0.1, 0.15) is 6.04 Å². The number of nitrogens with one attached hydrogen (secondary N) is 2. The minimum Gasteiger partial charge on any atom is -0.350 e. The summed E-state index contributed by atoms with van der Waals surface area (Å²) < 4.78 is 0. The largest absolute Gasteiger partial charge is 0.350 e. The topological polar surface area (TPSA) is 74.3 Å². The van der Waals surface area contributed by atoms with Gasteiger partial charge in [-0.25, -0.2) is 0 Å². The number of benzene rings is 2. The number of carbonyl (C=O) groups excluding carboxylic acids is 2. The van der Waals surface area contributed by atoms with Crippen molar-refractivity contribution < 1.29 is 9.59 Å². The van der Waals surface area contributed by atoms with Gasteiger partial charge in [-0.2, -0.15) is 0 Å². The summed E-state index contributed by atoms with van der Waals surface area (Å²) in [5.41, 5.74) is 1.79. The second kappa shape index (κ2) is 10.6. The summed E-state index contributed by atoms with van der Waals surface area (Å²) in [5, 5.41) is 8.26. The van der Waals surface area contributed by atoms with Crippen LogP contribution >= 0.6 is 0 Å². The van der Waals surface area contributed by atoms with Gasteiger partial charge in [0.05, 0.1) is 0 Å². The molecule has 0 aliphatic carbocycles. The van der Waals surface area contributed by atoms with Crippen molar-refractivity contribution >= 4 is 22.6 Å². The van der Waals surface area contributed by atoms with Crippen LogP contribution in [0.15, 0.2) is 67.0 Å². The average Bonchev–Trinajstić information content (AvgIpc) is 3.25. The maximum Gasteiger partial charge on any atom is 0.251 e. The quantitative estimate of drug-likeness (QED) is 0.555. The van der Waals surface area contributed by atoms with Crippen LogP contribution in [0.1, 0.15) is 42.6 Å². The van der Waals surface area contributed by atoms with Crippen molar-refractivity contribution in [2.75, 3.05) is 13.1 Å². The molecule has 0 radical (unpaired) electrons. The normalized spacial score (nSPS) is 17.2. The lowest BCUT2D eigenvalue weighted by atomic mass is 10.0. The highest BCUT2D eigenvalue weighted by Gasteiger charge is 2.28. The molecule has 0 saturated carbocycles. The first-order chi connectivity index (χ1) is 16.0. The van der Waals surface area contributed by atoms with E-state index in [1.54, 1.807) is 12.4 Å². The van der Waals surface area contributed by atoms with Gasteiger partial charge in [0.25, 0.3) is 5.91 Å². The van der Waals surface area contributed by atoms with Gasteiger partial charge in [0.2, 0.25) is 5.91 Å². The Morgan fingerprint density at radius 2 is 1.82 bits per heavy atom. The molecule has 1 aliphatic rings. The highest BCUT2D eigenvalue weighted by atomic mass is 16.2. The number of amides is 2. The zero-order valence-corrected chi connectivity index (χ0v) is 19.3. The van der Waals surface area contributed by atoms with E-state index in [0.29, 0.717) is 12.0 Å². The van der Waals surface area contributed by atoms with E-state index in [9.17, 15) is 9.59 Å². The first kappa shape index (κ1) is 22.9. The standard InChI is InChI=1S/C27H32N4O2/c1-19(2)15-25(30-26(32)23-8-7-21-5-3-4-6-22(21)16-23)27(33)29-24-11-14-31(18-24)17-20-9-12-28-13-10-20/h3-10,12-13,16,19,24-25H,11,14-15,17-18H2,1-2H3,(H,29,33)(H,30,32)/t24-,25-/m0/s1. The van der Waals surface area contributed by atoms with Gasteiger partial charge in [-0.05, 0) is 59.4 Å². The molecule has 6 nitrogen and oxygen atoms in total. The number of hydrogen-bond donors (Lipinski definition) is 2. The van der Waals surface area contributed by atoms with E-state index in [0.717, 1.165) is 36.8 Å². The van der Waals surface area contributed by atoms with Crippen LogP contribution in [0.2, 0.25) is 0 Å². The molecule has 2 aromatic carbocycles. The lowest BCUT2D eigenvalue weighted by Crippen LogP contribution is -2.50. The number of fused-ring (bicyclic) bond motifs is 1. The Morgan fingerprint density at radius 1 is 1.06 bits per heavy atom. The van der Waals surface area contributed by atoms with Crippen molar-refractivity contribution in [1.29, 1.82) is 0 Å². The van der Waals surface area contributed by atoms with Crippen molar-refractivity contribution in [2.24, 2.45) is 5.92 Å². The van der Waals surface area contributed by atoms with E-state index >= 15 is 0 Å². The Kier molecular flexibility index (Phi) is 7.35. The fraction of sp³-hybridized carbons (Fsp3) is 0.370. The predicted octanol–water partition coefficient (Wildman–Crippen LogP) is 3.77. The molecule has 172 valence electrons. The molecule has 1 saturated heterocycles. The van der Waals surface area contributed by atoms with Crippen LogP contribution in [-0.4, -0.2) is 46.9 Å². The molecule has 0 bridgehead atoms. The minimum absolute atomic E-state index is 0.0894. The lowest BCUT2D eigenvalue weighted by molar-refractivity contribution is -0.124. The molecular weight excluding hydrogens is 412 g/mol. The third-order valence-electron chi connectivity index (χ3n) is 6.11. The summed E-state index contributed by atoms with van der Waals surface area (Å²) in [6.07, 6.45) is 5.11. The Balaban J connectivity index is 1.37. The number of aromatic nitrogens is 1. The molecular formula is C27H32N4O2. The van der Waals surface area contributed by atoms with E-state index in [1.165, 1.54) is 5.56 Å². The third kappa shape index (κ3) is 6.17. The molecule has 1 aliphatic heterocycles. The molecule has 6 heteroatoms. The summed E-state index contributed by atoms with van der Waals surface area (Å²) in [7, 11) is 0. The highest BCUT2D eigenvalue weighted by Crippen LogP contribution is 2.17. The Morgan fingerprint density at radius 3 is 2.58 bits per heavy atom. The summed E-state index contributed by atoms with van der Waals surface area (Å²) in [4.78, 5) is 32.5. The van der Waals surface area contributed by atoms with Gasteiger partial charge >= 0.3 is 0 Å². The number of carbonyl (C=O) groups is 2. The third-order valence-corrected chi connectivity index (χ3v) is 6.11. The monoisotopic (exact) mass is 444 g/mol. The average molecular weight is 445 g/mol. The maximum absolute atomic E-state index is 13.1. The highest BCUT2D eigenvalue weighted by molar-refractivity contribution is 6.00. The van der Waals surface area contributed by atoms with Crippen LogP contribution in [0.5, 0.6) is 0 Å².